The van der Waals surface area contributed by atoms with Gasteiger partial charge in [-0.3, -0.25) is 0 Å². The van der Waals surface area contributed by atoms with E-state index in [1.54, 1.807) is 17.0 Å². The van der Waals surface area contributed by atoms with Gasteiger partial charge < -0.3 is 10.3 Å². The molecule has 1 aromatic heterocycles. The third-order valence-electron chi connectivity index (χ3n) is 3.14. The summed E-state index contributed by atoms with van der Waals surface area (Å²) in [6, 6.07) is 3.35. The van der Waals surface area contributed by atoms with Gasteiger partial charge in [0.1, 0.15) is 5.82 Å². The third kappa shape index (κ3) is 2.84. The molecule has 1 aliphatic heterocycles. The van der Waals surface area contributed by atoms with E-state index in [1.807, 2.05) is 0 Å². The fourth-order valence-electron chi connectivity index (χ4n) is 2.17. The number of nitrogens with one attached hydrogen (secondary N) is 1. The van der Waals surface area contributed by atoms with Crippen molar-refractivity contribution >= 4 is 11.5 Å². The van der Waals surface area contributed by atoms with Gasteiger partial charge in [0.2, 0.25) is 0 Å². The quantitative estimate of drug-likeness (QED) is 0.632. The smallest absolute Gasteiger partial charge is 0.371 e. The molecule has 1 aliphatic rings. The standard InChI is InChI=1S/C11H15F3N4/c12-11(13,14)8-2-1-5-18(7-8)9-3-4-16-10(6-9)17-15/h3-4,6,8H,1-2,5,7,15H2,(H,16,17). The normalized spacial score (nSPS) is 20.9. The molecular formula is C11H15F3N4. The molecule has 7 heteroatoms. The highest BCUT2D eigenvalue weighted by Crippen LogP contribution is 2.34. The second kappa shape index (κ2) is 5.01. The molecule has 0 aromatic carbocycles. The van der Waals surface area contributed by atoms with Crippen LogP contribution in [0.25, 0.3) is 0 Å². The van der Waals surface area contributed by atoms with Crippen LogP contribution in [0.1, 0.15) is 12.8 Å². The number of alkyl halides is 3. The first kappa shape index (κ1) is 12.9. The molecule has 0 bridgehead atoms. The first-order valence-electron chi connectivity index (χ1n) is 5.75. The van der Waals surface area contributed by atoms with Crippen LogP contribution in [0.5, 0.6) is 0 Å². The van der Waals surface area contributed by atoms with Crippen LogP contribution in [-0.2, 0) is 0 Å². The summed E-state index contributed by atoms with van der Waals surface area (Å²) in [7, 11) is 0. The summed E-state index contributed by atoms with van der Waals surface area (Å²) in [5, 5.41) is 0. The lowest BCUT2D eigenvalue weighted by Gasteiger charge is -2.35. The molecule has 3 N–H and O–H groups in total. The van der Waals surface area contributed by atoms with Crippen LogP contribution in [0.4, 0.5) is 24.7 Å². The second-order valence-electron chi connectivity index (χ2n) is 4.37. The molecule has 1 atom stereocenters. The molecule has 2 heterocycles. The van der Waals surface area contributed by atoms with E-state index in [0.29, 0.717) is 24.5 Å². The number of hydrogen-bond acceptors (Lipinski definition) is 4. The number of pyridine rings is 1. The number of rotatable bonds is 2. The highest BCUT2D eigenvalue weighted by molar-refractivity contribution is 5.53. The number of hydrogen-bond donors (Lipinski definition) is 2. The predicted molar refractivity (Wildman–Crippen MR) is 63.0 cm³/mol. The minimum absolute atomic E-state index is 0.00246. The van der Waals surface area contributed by atoms with Crippen molar-refractivity contribution in [3.05, 3.63) is 18.3 Å². The SMILES string of the molecule is NNc1cc(N2CCCC(C(F)(F)F)C2)ccn1. The molecule has 0 radical (unpaired) electrons. The Hall–Kier alpha value is -1.50. The van der Waals surface area contributed by atoms with Crippen molar-refractivity contribution in [2.75, 3.05) is 23.4 Å². The zero-order valence-corrected chi connectivity index (χ0v) is 9.74. The molecule has 4 nitrogen and oxygen atoms in total. The number of nitrogens with two attached hydrogens (primary N) is 1. The molecule has 1 unspecified atom stereocenters. The summed E-state index contributed by atoms with van der Waals surface area (Å²) >= 11 is 0. The molecule has 0 spiro atoms. The van der Waals surface area contributed by atoms with E-state index in [1.165, 1.54) is 6.20 Å². The van der Waals surface area contributed by atoms with Crippen molar-refractivity contribution in [2.45, 2.75) is 19.0 Å². The van der Waals surface area contributed by atoms with Crippen molar-refractivity contribution < 1.29 is 13.2 Å². The van der Waals surface area contributed by atoms with Gasteiger partial charge in [0, 0.05) is 31.0 Å². The third-order valence-corrected chi connectivity index (χ3v) is 3.14. The average molecular weight is 260 g/mol. The molecule has 1 fully saturated rings. The van der Waals surface area contributed by atoms with E-state index >= 15 is 0 Å². The number of halogens is 3. The Kier molecular flexibility index (Phi) is 3.60. The van der Waals surface area contributed by atoms with Crippen molar-refractivity contribution in [3.8, 4) is 0 Å². The molecule has 2 rings (SSSR count). The zero-order valence-electron chi connectivity index (χ0n) is 9.74. The van der Waals surface area contributed by atoms with Gasteiger partial charge in [-0.1, -0.05) is 0 Å². The van der Waals surface area contributed by atoms with E-state index in [9.17, 15) is 13.2 Å². The van der Waals surface area contributed by atoms with Gasteiger partial charge in [-0.25, -0.2) is 10.8 Å². The maximum absolute atomic E-state index is 12.7. The van der Waals surface area contributed by atoms with Crippen LogP contribution in [0.3, 0.4) is 0 Å². The molecule has 100 valence electrons. The van der Waals surface area contributed by atoms with Crippen molar-refractivity contribution in [1.29, 1.82) is 0 Å². The Morgan fingerprint density at radius 1 is 1.44 bits per heavy atom. The largest absolute Gasteiger partial charge is 0.393 e. The van der Waals surface area contributed by atoms with Crippen LogP contribution in [-0.4, -0.2) is 24.2 Å². The van der Waals surface area contributed by atoms with Gasteiger partial charge in [0.15, 0.2) is 0 Å². The minimum Gasteiger partial charge on any atom is -0.371 e. The van der Waals surface area contributed by atoms with Crippen LogP contribution >= 0.6 is 0 Å². The summed E-state index contributed by atoms with van der Waals surface area (Å²) in [6.45, 7) is 0.623. The highest BCUT2D eigenvalue weighted by Gasteiger charge is 2.41. The molecule has 1 saturated heterocycles. The Balaban J connectivity index is 2.13. The van der Waals surface area contributed by atoms with Crippen LogP contribution in [0.15, 0.2) is 18.3 Å². The van der Waals surface area contributed by atoms with E-state index in [2.05, 4.69) is 10.4 Å². The fraction of sp³-hybridized carbons (Fsp3) is 0.545. The number of anilines is 2. The van der Waals surface area contributed by atoms with E-state index in [0.717, 1.165) is 0 Å². The zero-order chi connectivity index (χ0) is 13.2. The second-order valence-corrected chi connectivity index (χ2v) is 4.37. The van der Waals surface area contributed by atoms with Crippen LogP contribution < -0.4 is 16.2 Å². The van der Waals surface area contributed by atoms with Gasteiger partial charge in [-0.2, -0.15) is 13.2 Å². The molecule has 0 amide bonds. The lowest BCUT2D eigenvalue weighted by Crippen LogP contribution is -2.41. The van der Waals surface area contributed by atoms with Crippen LogP contribution in [0, 0.1) is 5.92 Å². The van der Waals surface area contributed by atoms with Gasteiger partial charge in [-0.15, -0.1) is 0 Å². The summed E-state index contributed by atoms with van der Waals surface area (Å²) in [6.07, 6.45) is -1.85. The van der Waals surface area contributed by atoms with Crippen LogP contribution in [0.2, 0.25) is 0 Å². The Morgan fingerprint density at radius 2 is 2.22 bits per heavy atom. The predicted octanol–water partition coefficient (Wildman–Crippen LogP) is 2.15. The van der Waals surface area contributed by atoms with Crippen molar-refractivity contribution in [3.63, 3.8) is 0 Å². The first-order chi connectivity index (χ1) is 8.50. The number of aromatic nitrogens is 1. The number of nitrogens with zero attached hydrogens (tertiary/aromatic N) is 2. The maximum Gasteiger partial charge on any atom is 0.393 e. The maximum atomic E-state index is 12.7. The lowest BCUT2D eigenvalue weighted by molar-refractivity contribution is -0.175. The van der Waals surface area contributed by atoms with Crippen molar-refractivity contribution in [2.24, 2.45) is 11.8 Å². The monoisotopic (exact) mass is 260 g/mol. The number of hydrazine groups is 1. The highest BCUT2D eigenvalue weighted by atomic mass is 19.4. The lowest BCUT2D eigenvalue weighted by atomic mass is 9.97. The minimum atomic E-state index is -4.12. The summed E-state index contributed by atoms with van der Waals surface area (Å²) in [5.74, 6) is 4.42. The van der Waals surface area contributed by atoms with Gasteiger partial charge in [-0.05, 0) is 18.9 Å². The molecule has 1 aromatic rings. The fourth-order valence-corrected chi connectivity index (χ4v) is 2.17. The number of nitrogen functional groups attached to an aromatic ring is 1. The summed E-state index contributed by atoms with van der Waals surface area (Å²) < 4.78 is 38.1. The average Bonchev–Trinajstić information content (AvgIpc) is 2.38. The van der Waals surface area contributed by atoms with Gasteiger partial charge in [0.25, 0.3) is 0 Å². The first-order valence-corrected chi connectivity index (χ1v) is 5.75. The van der Waals surface area contributed by atoms with Gasteiger partial charge in [0.05, 0.1) is 5.92 Å². The molecular weight excluding hydrogens is 245 g/mol. The number of piperidine rings is 1. The summed E-state index contributed by atoms with van der Waals surface area (Å²) in [5.41, 5.74) is 3.10. The molecule has 0 aliphatic carbocycles. The Labute approximate surface area is 103 Å². The Morgan fingerprint density at radius 3 is 2.89 bits per heavy atom. The van der Waals surface area contributed by atoms with E-state index in [4.69, 9.17) is 5.84 Å². The summed E-state index contributed by atoms with van der Waals surface area (Å²) in [4.78, 5) is 5.66. The molecule has 0 saturated carbocycles. The van der Waals surface area contributed by atoms with E-state index < -0.39 is 12.1 Å². The topological polar surface area (TPSA) is 54.2 Å². The Bertz CT molecular complexity index is 408. The van der Waals surface area contributed by atoms with Crippen molar-refractivity contribution in [1.82, 2.24) is 4.98 Å². The van der Waals surface area contributed by atoms with Gasteiger partial charge >= 0.3 is 6.18 Å². The molecule has 18 heavy (non-hydrogen) atoms. The van der Waals surface area contributed by atoms with E-state index in [-0.39, 0.29) is 13.0 Å².